The Labute approximate surface area is 158 Å². The van der Waals surface area contributed by atoms with Crippen LogP contribution >= 0.6 is 24.8 Å². The Balaban J connectivity index is 0. The van der Waals surface area contributed by atoms with Crippen molar-refractivity contribution in [1.82, 2.24) is 15.5 Å². The highest BCUT2D eigenvalue weighted by Crippen LogP contribution is 2.18. The van der Waals surface area contributed by atoms with Crippen molar-refractivity contribution in [3.63, 3.8) is 0 Å². The van der Waals surface area contributed by atoms with Crippen molar-refractivity contribution in [1.29, 1.82) is 0 Å². The highest BCUT2D eigenvalue weighted by molar-refractivity contribution is 5.85. The van der Waals surface area contributed by atoms with Crippen LogP contribution in [0, 0.1) is 5.41 Å². The van der Waals surface area contributed by atoms with Gasteiger partial charge in [0.1, 0.15) is 0 Å². The Kier molecular flexibility index (Phi) is 12.7. The molecule has 0 aromatic heterocycles. The number of amides is 2. The van der Waals surface area contributed by atoms with E-state index in [1.54, 1.807) is 0 Å². The molecule has 1 fully saturated rings. The zero-order valence-corrected chi connectivity index (χ0v) is 16.9. The SMILES string of the molecule is CCCNC(=O)CN1CCC(NC(=O)[C@@H](N)C(C)(C)C)CC1.Cl.Cl. The number of halogens is 2. The third-order valence-corrected chi connectivity index (χ3v) is 4.09. The molecule has 0 aromatic carbocycles. The lowest BCUT2D eigenvalue weighted by atomic mass is 9.86. The number of carbonyl (C=O) groups excluding carboxylic acids is 2. The van der Waals surface area contributed by atoms with Crippen molar-refractivity contribution < 1.29 is 9.59 Å². The first kappa shape index (κ1) is 25.7. The number of nitrogens with one attached hydrogen (secondary N) is 2. The average Bonchev–Trinajstić information content (AvgIpc) is 2.45. The van der Waals surface area contributed by atoms with Gasteiger partial charge in [-0.15, -0.1) is 24.8 Å². The molecule has 0 spiro atoms. The molecule has 0 aromatic rings. The molecule has 8 heteroatoms. The van der Waals surface area contributed by atoms with E-state index < -0.39 is 6.04 Å². The summed E-state index contributed by atoms with van der Waals surface area (Å²) in [6, 6.07) is -0.332. The minimum absolute atomic E-state index is 0. The van der Waals surface area contributed by atoms with E-state index in [2.05, 4.69) is 15.5 Å². The van der Waals surface area contributed by atoms with E-state index in [4.69, 9.17) is 5.73 Å². The number of hydrogen-bond acceptors (Lipinski definition) is 4. The Bertz CT molecular complexity index is 381. The minimum atomic E-state index is -0.495. The number of hydrogen-bond donors (Lipinski definition) is 3. The Morgan fingerprint density at radius 3 is 2.21 bits per heavy atom. The molecule has 0 unspecified atom stereocenters. The van der Waals surface area contributed by atoms with Crippen molar-refractivity contribution >= 4 is 36.6 Å². The molecule has 1 atom stereocenters. The number of likely N-dealkylation sites (tertiary alicyclic amines) is 1. The minimum Gasteiger partial charge on any atom is -0.355 e. The van der Waals surface area contributed by atoms with E-state index in [1.165, 1.54) is 0 Å². The molecule has 1 aliphatic rings. The Morgan fingerprint density at radius 2 is 1.75 bits per heavy atom. The third kappa shape index (κ3) is 9.06. The fraction of sp³-hybridized carbons (Fsp3) is 0.875. The second-order valence-electron chi connectivity index (χ2n) is 7.25. The monoisotopic (exact) mass is 384 g/mol. The Morgan fingerprint density at radius 1 is 1.21 bits per heavy atom. The summed E-state index contributed by atoms with van der Waals surface area (Å²) in [6.45, 7) is 10.8. The molecule has 0 aliphatic carbocycles. The molecular weight excluding hydrogens is 351 g/mol. The van der Waals surface area contributed by atoms with E-state index >= 15 is 0 Å². The highest BCUT2D eigenvalue weighted by Gasteiger charge is 2.30. The van der Waals surface area contributed by atoms with Gasteiger partial charge in [0.25, 0.3) is 0 Å². The lowest BCUT2D eigenvalue weighted by Crippen LogP contribution is -2.54. The largest absolute Gasteiger partial charge is 0.355 e. The smallest absolute Gasteiger partial charge is 0.237 e. The fourth-order valence-electron chi connectivity index (χ4n) is 2.44. The topological polar surface area (TPSA) is 87.5 Å². The van der Waals surface area contributed by atoms with Crippen molar-refractivity contribution in [2.24, 2.45) is 11.1 Å². The van der Waals surface area contributed by atoms with Gasteiger partial charge in [-0.3, -0.25) is 14.5 Å². The van der Waals surface area contributed by atoms with Gasteiger partial charge >= 0.3 is 0 Å². The van der Waals surface area contributed by atoms with Crippen molar-refractivity contribution in [3.8, 4) is 0 Å². The van der Waals surface area contributed by atoms with E-state index in [0.29, 0.717) is 6.54 Å². The molecule has 2 amide bonds. The van der Waals surface area contributed by atoms with Gasteiger partial charge < -0.3 is 16.4 Å². The van der Waals surface area contributed by atoms with E-state index in [0.717, 1.165) is 38.9 Å². The average molecular weight is 385 g/mol. The standard InChI is InChI=1S/C16H32N4O2.2ClH/c1-5-8-18-13(21)11-20-9-6-12(7-10-20)19-15(22)14(17)16(2,3)4;;/h12,14H,5-11,17H2,1-4H3,(H,18,21)(H,19,22);2*1H/t14-;;/m1../s1. The molecule has 1 rings (SSSR count). The van der Waals surface area contributed by atoms with Crippen LogP contribution in [0.5, 0.6) is 0 Å². The summed E-state index contributed by atoms with van der Waals surface area (Å²) in [7, 11) is 0. The van der Waals surface area contributed by atoms with Gasteiger partial charge in [0.2, 0.25) is 11.8 Å². The molecule has 4 N–H and O–H groups in total. The highest BCUT2D eigenvalue weighted by atomic mass is 35.5. The van der Waals surface area contributed by atoms with Gasteiger partial charge in [-0.05, 0) is 24.7 Å². The lowest BCUT2D eigenvalue weighted by molar-refractivity contribution is -0.126. The fourth-order valence-corrected chi connectivity index (χ4v) is 2.44. The summed E-state index contributed by atoms with van der Waals surface area (Å²) < 4.78 is 0. The summed E-state index contributed by atoms with van der Waals surface area (Å²) in [5.74, 6) is 0.00530. The van der Waals surface area contributed by atoms with Gasteiger partial charge in [0.15, 0.2) is 0 Å². The summed E-state index contributed by atoms with van der Waals surface area (Å²) in [6.07, 6.45) is 2.68. The molecular formula is C16H34Cl2N4O2. The number of carbonyl (C=O) groups is 2. The van der Waals surface area contributed by atoms with Crippen LogP contribution in [0.3, 0.4) is 0 Å². The summed E-state index contributed by atoms with van der Waals surface area (Å²) >= 11 is 0. The van der Waals surface area contributed by atoms with Crippen LogP contribution in [-0.4, -0.2) is 55.0 Å². The summed E-state index contributed by atoms with van der Waals surface area (Å²) in [5.41, 5.74) is 5.74. The van der Waals surface area contributed by atoms with Crippen LogP contribution in [0.15, 0.2) is 0 Å². The van der Waals surface area contributed by atoms with Crippen molar-refractivity contribution in [2.75, 3.05) is 26.2 Å². The second kappa shape index (κ2) is 11.9. The third-order valence-electron chi connectivity index (χ3n) is 4.09. The van der Waals surface area contributed by atoms with Gasteiger partial charge in [-0.2, -0.15) is 0 Å². The molecule has 6 nitrogen and oxygen atoms in total. The maximum Gasteiger partial charge on any atom is 0.237 e. The molecule has 1 heterocycles. The molecule has 24 heavy (non-hydrogen) atoms. The summed E-state index contributed by atoms with van der Waals surface area (Å²) in [5, 5.41) is 5.93. The first-order valence-corrected chi connectivity index (χ1v) is 8.29. The zero-order chi connectivity index (χ0) is 16.8. The molecule has 144 valence electrons. The van der Waals surface area contributed by atoms with Crippen LogP contribution in [0.2, 0.25) is 0 Å². The van der Waals surface area contributed by atoms with E-state index in [-0.39, 0.29) is 48.1 Å². The number of nitrogens with two attached hydrogens (primary N) is 1. The molecule has 0 saturated carbocycles. The molecule has 1 saturated heterocycles. The molecule has 1 aliphatic heterocycles. The van der Waals surface area contributed by atoms with Crippen LogP contribution in [-0.2, 0) is 9.59 Å². The van der Waals surface area contributed by atoms with Crippen LogP contribution in [0.25, 0.3) is 0 Å². The zero-order valence-electron chi connectivity index (χ0n) is 15.3. The van der Waals surface area contributed by atoms with Crippen molar-refractivity contribution in [3.05, 3.63) is 0 Å². The maximum absolute atomic E-state index is 12.1. The molecule has 0 radical (unpaired) electrons. The lowest BCUT2D eigenvalue weighted by Gasteiger charge is -2.34. The predicted octanol–water partition coefficient (Wildman–Crippen LogP) is 1.31. The van der Waals surface area contributed by atoms with Gasteiger partial charge in [0, 0.05) is 25.7 Å². The van der Waals surface area contributed by atoms with Crippen molar-refractivity contribution in [2.45, 2.75) is 59.0 Å². The first-order chi connectivity index (χ1) is 10.2. The normalized spacial score (nSPS) is 17.2. The summed E-state index contributed by atoms with van der Waals surface area (Å²) in [4.78, 5) is 25.9. The van der Waals surface area contributed by atoms with Gasteiger partial charge in [-0.1, -0.05) is 27.7 Å². The second-order valence-corrected chi connectivity index (χ2v) is 7.25. The van der Waals surface area contributed by atoms with Crippen LogP contribution in [0.4, 0.5) is 0 Å². The van der Waals surface area contributed by atoms with Gasteiger partial charge in [0.05, 0.1) is 12.6 Å². The molecule has 0 bridgehead atoms. The van der Waals surface area contributed by atoms with Gasteiger partial charge in [-0.25, -0.2) is 0 Å². The first-order valence-electron chi connectivity index (χ1n) is 8.29. The quantitative estimate of drug-likeness (QED) is 0.644. The number of piperidine rings is 1. The van der Waals surface area contributed by atoms with Crippen LogP contribution < -0.4 is 16.4 Å². The van der Waals surface area contributed by atoms with E-state index in [1.807, 2.05) is 27.7 Å². The predicted molar refractivity (Wildman–Crippen MR) is 103 cm³/mol. The van der Waals surface area contributed by atoms with E-state index in [9.17, 15) is 9.59 Å². The number of nitrogens with zero attached hydrogens (tertiary/aromatic N) is 1. The maximum atomic E-state index is 12.1. The number of rotatable bonds is 6. The Hall–Kier alpha value is -0.560. The van der Waals surface area contributed by atoms with Crippen LogP contribution in [0.1, 0.15) is 47.0 Å².